The molecule has 0 radical (unpaired) electrons. The number of hydrogen-bond acceptors (Lipinski definition) is 0. The van der Waals surface area contributed by atoms with Crippen LogP contribution in [0.4, 0.5) is 0 Å². The second-order valence-corrected chi connectivity index (χ2v) is 9.05. The molecule has 0 saturated heterocycles. The Hall–Kier alpha value is -4.30. The molecule has 2 heteroatoms. The molecule has 7 rings (SSSR count). The normalized spacial score (nSPS) is 13.9. The van der Waals surface area contributed by atoms with E-state index in [2.05, 4.69) is 131 Å². The maximum Gasteiger partial charge on any atom is 0.0562 e. The summed E-state index contributed by atoms with van der Waals surface area (Å²) in [6.45, 7) is 2.17. The van der Waals surface area contributed by atoms with Gasteiger partial charge in [0.1, 0.15) is 0 Å². The zero-order valence-electron chi connectivity index (χ0n) is 19.1. The van der Waals surface area contributed by atoms with E-state index in [1.54, 1.807) is 0 Å². The Morgan fingerprint density at radius 2 is 1.35 bits per heavy atom. The first-order valence-corrected chi connectivity index (χ1v) is 11.9. The van der Waals surface area contributed by atoms with E-state index in [9.17, 15) is 0 Å². The first-order valence-electron chi connectivity index (χ1n) is 11.9. The molecule has 2 aromatic heterocycles. The topological polar surface area (TPSA) is 9.86 Å². The Morgan fingerprint density at radius 3 is 2.24 bits per heavy atom. The van der Waals surface area contributed by atoms with Crippen molar-refractivity contribution in [1.82, 2.24) is 9.13 Å². The van der Waals surface area contributed by atoms with Gasteiger partial charge in [-0.25, -0.2) is 0 Å². The van der Waals surface area contributed by atoms with Gasteiger partial charge in [0.15, 0.2) is 0 Å². The van der Waals surface area contributed by atoms with Gasteiger partial charge in [0.25, 0.3) is 0 Å². The lowest BCUT2D eigenvalue weighted by Gasteiger charge is -2.12. The quantitative estimate of drug-likeness (QED) is 0.257. The van der Waals surface area contributed by atoms with Crippen LogP contribution in [0.25, 0.3) is 55.0 Å². The van der Waals surface area contributed by atoms with Gasteiger partial charge in [-0.05, 0) is 55.8 Å². The van der Waals surface area contributed by atoms with E-state index >= 15 is 0 Å². The summed E-state index contributed by atoms with van der Waals surface area (Å²) in [6.07, 6.45) is 11.9. The molecule has 34 heavy (non-hydrogen) atoms. The number of fused-ring (bicyclic) bond motifs is 6. The Morgan fingerprint density at radius 1 is 0.618 bits per heavy atom. The summed E-state index contributed by atoms with van der Waals surface area (Å²) in [5, 5.41) is 5.16. The molecule has 0 N–H and O–H groups in total. The summed E-state index contributed by atoms with van der Waals surface area (Å²) in [6, 6.07) is 31.1. The molecule has 6 aromatic rings. The van der Waals surface area contributed by atoms with Gasteiger partial charge in [-0.2, -0.15) is 0 Å². The van der Waals surface area contributed by atoms with Crippen LogP contribution in [0.2, 0.25) is 0 Å². The molecule has 0 saturated carbocycles. The van der Waals surface area contributed by atoms with Gasteiger partial charge in [0, 0.05) is 27.2 Å². The minimum atomic E-state index is 0.933. The monoisotopic (exact) mass is 436 g/mol. The first-order chi connectivity index (χ1) is 16.8. The van der Waals surface area contributed by atoms with Crippen LogP contribution in [0.5, 0.6) is 0 Å². The van der Waals surface area contributed by atoms with Gasteiger partial charge in [-0.15, -0.1) is 0 Å². The molecule has 0 amide bonds. The third kappa shape index (κ3) is 2.69. The van der Waals surface area contributed by atoms with Crippen molar-refractivity contribution < 1.29 is 0 Å². The highest BCUT2D eigenvalue weighted by Gasteiger charge is 2.19. The standard InChI is InChI=1S/C32H24N2/c1-22-19-20-29-26(21-22)24-13-6-8-15-27(24)34(29)31-18-10-17-30-32(31)25-14-7-9-16-28(25)33(30)23-11-4-2-3-5-12-23/h2-4,6-21H,5H2,1H3. The van der Waals surface area contributed by atoms with Crippen molar-refractivity contribution in [2.24, 2.45) is 0 Å². The second kappa shape index (κ2) is 7.36. The number of aromatic nitrogens is 2. The average Bonchev–Trinajstić information content (AvgIpc) is 3.23. The van der Waals surface area contributed by atoms with E-state index in [1.807, 2.05) is 0 Å². The number of hydrogen-bond donors (Lipinski definition) is 0. The molecular weight excluding hydrogens is 412 g/mol. The zero-order chi connectivity index (χ0) is 22.6. The van der Waals surface area contributed by atoms with Gasteiger partial charge in [-0.1, -0.05) is 78.4 Å². The van der Waals surface area contributed by atoms with Crippen LogP contribution in [0.3, 0.4) is 0 Å². The van der Waals surface area contributed by atoms with Gasteiger partial charge in [-0.3, -0.25) is 0 Å². The SMILES string of the molecule is Cc1ccc2c(c1)c1ccccc1n2-c1cccc2c1c1ccccc1n2C1=CCC=CC=C1. The molecule has 0 unspecified atom stereocenters. The molecule has 2 heterocycles. The maximum atomic E-state index is 2.45. The molecule has 0 spiro atoms. The fourth-order valence-electron chi connectivity index (χ4n) is 5.55. The van der Waals surface area contributed by atoms with E-state index in [0.717, 1.165) is 6.42 Å². The number of nitrogens with zero attached hydrogens (tertiary/aromatic N) is 2. The van der Waals surface area contributed by atoms with E-state index in [-0.39, 0.29) is 0 Å². The summed E-state index contributed by atoms with van der Waals surface area (Å²) in [5.41, 5.74) is 8.67. The molecule has 2 nitrogen and oxygen atoms in total. The number of allylic oxidation sites excluding steroid dienone is 6. The van der Waals surface area contributed by atoms with Crippen molar-refractivity contribution in [3.8, 4) is 5.69 Å². The molecule has 162 valence electrons. The molecule has 0 atom stereocenters. The van der Waals surface area contributed by atoms with Crippen LogP contribution in [-0.4, -0.2) is 9.13 Å². The molecule has 1 aliphatic rings. The van der Waals surface area contributed by atoms with Crippen LogP contribution in [0.15, 0.2) is 115 Å². The van der Waals surface area contributed by atoms with Crippen molar-refractivity contribution >= 4 is 49.3 Å². The molecule has 1 aliphatic carbocycles. The van der Waals surface area contributed by atoms with Crippen molar-refractivity contribution in [2.75, 3.05) is 0 Å². The summed E-state index contributed by atoms with van der Waals surface area (Å²) in [4.78, 5) is 0. The fraction of sp³-hybridized carbons (Fsp3) is 0.0625. The highest BCUT2D eigenvalue weighted by Crippen LogP contribution is 2.40. The molecule has 0 fully saturated rings. The lowest BCUT2D eigenvalue weighted by molar-refractivity contribution is 1.19. The predicted molar refractivity (Wildman–Crippen MR) is 146 cm³/mol. The van der Waals surface area contributed by atoms with Crippen molar-refractivity contribution in [3.05, 3.63) is 121 Å². The van der Waals surface area contributed by atoms with Crippen molar-refractivity contribution in [3.63, 3.8) is 0 Å². The van der Waals surface area contributed by atoms with Gasteiger partial charge >= 0.3 is 0 Å². The average molecular weight is 437 g/mol. The van der Waals surface area contributed by atoms with E-state index in [0.29, 0.717) is 0 Å². The fourth-order valence-corrected chi connectivity index (χ4v) is 5.55. The predicted octanol–water partition coefficient (Wildman–Crippen LogP) is 8.56. The van der Waals surface area contributed by atoms with Crippen LogP contribution < -0.4 is 0 Å². The lowest BCUT2D eigenvalue weighted by Crippen LogP contribution is -1.97. The highest BCUT2D eigenvalue weighted by atomic mass is 15.0. The molecule has 0 aliphatic heterocycles. The first kappa shape index (κ1) is 19.2. The van der Waals surface area contributed by atoms with Crippen LogP contribution in [0, 0.1) is 6.92 Å². The van der Waals surface area contributed by atoms with E-state index in [1.165, 1.54) is 60.6 Å². The van der Waals surface area contributed by atoms with Crippen LogP contribution in [0.1, 0.15) is 12.0 Å². The summed E-state index contributed by atoms with van der Waals surface area (Å²) in [5.74, 6) is 0. The molecule has 0 bridgehead atoms. The minimum absolute atomic E-state index is 0.933. The van der Waals surface area contributed by atoms with Crippen molar-refractivity contribution in [2.45, 2.75) is 13.3 Å². The van der Waals surface area contributed by atoms with Crippen LogP contribution >= 0.6 is 0 Å². The lowest BCUT2D eigenvalue weighted by atomic mass is 10.1. The summed E-state index contributed by atoms with van der Waals surface area (Å²) >= 11 is 0. The number of rotatable bonds is 2. The van der Waals surface area contributed by atoms with Gasteiger partial charge in [0.2, 0.25) is 0 Å². The third-order valence-electron chi connectivity index (χ3n) is 6.98. The Balaban J connectivity index is 1.65. The molecule has 4 aromatic carbocycles. The number of benzene rings is 4. The van der Waals surface area contributed by atoms with E-state index in [4.69, 9.17) is 0 Å². The Labute approximate surface area is 198 Å². The summed E-state index contributed by atoms with van der Waals surface area (Å²) in [7, 11) is 0. The maximum absolute atomic E-state index is 2.45. The van der Waals surface area contributed by atoms with E-state index < -0.39 is 0 Å². The highest BCUT2D eigenvalue weighted by molar-refractivity contribution is 6.17. The number of para-hydroxylation sites is 2. The Kier molecular flexibility index (Phi) is 4.16. The smallest absolute Gasteiger partial charge is 0.0562 e. The molecular formula is C32H24N2. The third-order valence-corrected chi connectivity index (χ3v) is 6.98. The summed E-state index contributed by atoms with van der Waals surface area (Å²) < 4.78 is 4.86. The van der Waals surface area contributed by atoms with Gasteiger partial charge < -0.3 is 9.13 Å². The van der Waals surface area contributed by atoms with Gasteiger partial charge in [0.05, 0.1) is 27.8 Å². The number of aryl methyl sites for hydroxylation is 1. The second-order valence-electron chi connectivity index (χ2n) is 9.05. The largest absolute Gasteiger partial charge is 0.309 e. The van der Waals surface area contributed by atoms with Crippen molar-refractivity contribution in [1.29, 1.82) is 0 Å². The van der Waals surface area contributed by atoms with Crippen LogP contribution in [-0.2, 0) is 0 Å². The minimum Gasteiger partial charge on any atom is -0.309 e. The zero-order valence-corrected chi connectivity index (χ0v) is 19.1. The Bertz CT molecular complexity index is 1840.